The summed E-state index contributed by atoms with van der Waals surface area (Å²) in [6, 6.07) is 1.95. The number of aryl methyl sites for hydroxylation is 1. The first-order valence-corrected chi connectivity index (χ1v) is 6.99. The van der Waals surface area contributed by atoms with Crippen molar-refractivity contribution in [2.75, 3.05) is 0 Å². The Bertz CT molecular complexity index is 453. The first-order valence-electron chi connectivity index (χ1n) is 6.99. The maximum absolute atomic E-state index is 13.5. The Hall–Kier alpha value is -1.45. The Morgan fingerprint density at radius 2 is 2.11 bits per heavy atom. The first kappa shape index (κ1) is 14.0. The van der Waals surface area contributed by atoms with Crippen molar-refractivity contribution in [3.63, 3.8) is 0 Å². The number of amides is 1. The molecule has 3 nitrogen and oxygen atoms in total. The summed E-state index contributed by atoms with van der Waals surface area (Å²) >= 11 is 0. The number of carbonyl (C=O) groups excluding carboxylic acids is 1. The largest absolute Gasteiger partial charge is 0.349 e. The Morgan fingerprint density at radius 1 is 1.42 bits per heavy atom. The minimum absolute atomic E-state index is 0.192. The second-order valence-corrected chi connectivity index (χ2v) is 5.37. The molecule has 0 spiro atoms. The smallest absolute Gasteiger partial charge is 0.253 e. The normalized spacial score (nSPS) is 18.1. The molecule has 0 aliphatic heterocycles. The Labute approximate surface area is 113 Å². The van der Waals surface area contributed by atoms with Gasteiger partial charge in [0.2, 0.25) is 0 Å². The zero-order valence-electron chi connectivity index (χ0n) is 11.6. The Balaban J connectivity index is 2.15. The first-order chi connectivity index (χ1) is 9.08. The number of halogens is 1. The van der Waals surface area contributed by atoms with E-state index in [-0.39, 0.29) is 17.6 Å². The summed E-state index contributed by atoms with van der Waals surface area (Å²) in [6.07, 6.45) is 5.96. The van der Waals surface area contributed by atoms with Gasteiger partial charge in [0.25, 0.3) is 5.91 Å². The molecule has 0 saturated heterocycles. The van der Waals surface area contributed by atoms with Crippen molar-refractivity contribution >= 4 is 5.91 Å². The van der Waals surface area contributed by atoms with Crippen molar-refractivity contribution in [3.05, 3.63) is 29.1 Å². The van der Waals surface area contributed by atoms with Crippen molar-refractivity contribution in [1.29, 1.82) is 0 Å². The van der Waals surface area contributed by atoms with Crippen LogP contribution in [0, 0.1) is 6.92 Å². The molecule has 1 aromatic heterocycles. The number of alkyl halides is 1. The van der Waals surface area contributed by atoms with Gasteiger partial charge in [-0.15, -0.1) is 0 Å². The van der Waals surface area contributed by atoms with Crippen LogP contribution in [0.15, 0.2) is 12.3 Å². The number of nitrogens with one attached hydrogen (secondary N) is 1. The molecular formula is C15H21FN2O. The van der Waals surface area contributed by atoms with Crippen molar-refractivity contribution in [2.45, 2.75) is 58.2 Å². The third-order valence-electron chi connectivity index (χ3n) is 3.62. The van der Waals surface area contributed by atoms with Crippen LogP contribution in [0.1, 0.15) is 66.8 Å². The SMILES string of the molecule is Cc1cnc(C(C)F)c(C(=O)NC2CCCCC2)c1. The Kier molecular flexibility index (Phi) is 4.51. The molecule has 1 aliphatic rings. The second kappa shape index (κ2) is 6.13. The summed E-state index contributed by atoms with van der Waals surface area (Å²) in [5.41, 5.74) is 1.48. The van der Waals surface area contributed by atoms with E-state index in [9.17, 15) is 9.18 Å². The standard InChI is InChI=1S/C15H21FN2O/c1-10-8-13(14(11(2)16)17-9-10)15(19)18-12-6-4-3-5-7-12/h8-9,11-12H,3-7H2,1-2H3,(H,18,19). The van der Waals surface area contributed by atoms with Gasteiger partial charge >= 0.3 is 0 Å². The number of rotatable bonds is 3. The summed E-state index contributed by atoms with van der Waals surface area (Å²) in [4.78, 5) is 16.3. The zero-order valence-corrected chi connectivity index (χ0v) is 11.6. The molecule has 2 rings (SSSR count). The van der Waals surface area contributed by atoms with Gasteiger partial charge in [-0.3, -0.25) is 9.78 Å². The summed E-state index contributed by atoms with van der Waals surface area (Å²) < 4.78 is 13.5. The molecule has 1 N–H and O–H groups in total. The molecule has 104 valence electrons. The molecule has 1 atom stereocenters. The lowest BCUT2D eigenvalue weighted by molar-refractivity contribution is 0.0924. The maximum Gasteiger partial charge on any atom is 0.253 e. The predicted octanol–water partition coefficient (Wildman–Crippen LogP) is 3.48. The van der Waals surface area contributed by atoms with Crippen LogP contribution in [0.5, 0.6) is 0 Å². The average molecular weight is 264 g/mol. The van der Waals surface area contributed by atoms with Gasteiger partial charge in [0.15, 0.2) is 0 Å². The topological polar surface area (TPSA) is 42.0 Å². The minimum atomic E-state index is -1.23. The number of nitrogens with zero attached hydrogens (tertiary/aromatic N) is 1. The van der Waals surface area contributed by atoms with E-state index in [2.05, 4.69) is 10.3 Å². The zero-order chi connectivity index (χ0) is 13.8. The van der Waals surface area contributed by atoms with Crippen LogP contribution in [0.2, 0.25) is 0 Å². The van der Waals surface area contributed by atoms with E-state index in [1.54, 1.807) is 12.3 Å². The van der Waals surface area contributed by atoms with Gasteiger partial charge in [-0.05, 0) is 38.3 Å². The third kappa shape index (κ3) is 3.52. The van der Waals surface area contributed by atoms with Crippen LogP contribution in [0.4, 0.5) is 4.39 Å². The predicted molar refractivity (Wildman–Crippen MR) is 72.8 cm³/mol. The van der Waals surface area contributed by atoms with E-state index >= 15 is 0 Å². The highest BCUT2D eigenvalue weighted by Gasteiger charge is 2.21. The van der Waals surface area contributed by atoms with Crippen molar-refractivity contribution in [2.24, 2.45) is 0 Å². The van der Waals surface area contributed by atoms with Gasteiger partial charge in [-0.25, -0.2) is 4.39 Å². The summed E-state index contributed by atoms with van der Waals surface area (Å²) in [5.74, 6) is -0.192. The molecule has 4 heteroatoms. The third-order valence-corrected chi connectivity index (χ3v) is 3.62. The van der Waals surface area contributed by atoms with Crippen LogP contribution >= 0.6 is 0 Å². The van der Waals surface area contributed by atoms with Crippen LogP contribution < -0.4 is 5.32 Å². The number of hydrogen-bond donors (Lipinski definition) is 1. The number of aromatic nitrogens is 1. The lowest BCUT2D eigenvalue weighted by Crippen LogP contribution is -2.36. The fourth-order valence-electron chi connectivity index (χ4n) is 2.59. The molecule has 1 amide bonds. The van der Waals surface area contributed by atoms with Gasteiger partial charge < -0.3 is 5.32 Å². The highest BCUT2D eigenvalue weighted by Crippen LogP contribution is 2.21. The van der Waals surface area contributed by atoms with E-state index in [4.69, 9.17) is 0 Å². The van der Waals surface area contributed by atoms with Crippen molar-refractivity contribution < 1.29 is 9.18 Å². The molecule has 0 aromatic carbocycles. The van der Waals surface area contributed by atoms with E-state index in [0.29, 0.717) is 5.56 Å². The highest BCUT2D eigenvalue weighted by atomic mass is 19.1. The summed E-state index contributed by atoms with van der Waals surface area (Å²) in [7, 11) is 0. The van der Waals surface area contributed by atoms with Gasteiger partial charge in [-0.2, -0.15) is 0 Å². The van der Waals surface area contributed by atoms with Gasteiger partial charge in [0.05, 0.1) is 11.3 Å². The molecule has 0 radical (unpaired) electrons. The monoisotopic (exact) mass is 264 g/mol. The second-order valence-electron chi connectivity index (χ2n) is 5.37. The van der Waals surface area contributed by atoms with Gasteiger partial charge in [0.1, 0.15) is 6.17 Å². The summed E-state index contributed by atoms with van der Waals surface area (Å²) in [5, 5.41) is 3.01. The number of carbonyl (C=O) groups is 1. The molecule has 19 heavy (non-hydrogen) atoms. The Morgan fingerprint density at radius 3 is 2.74 bits per heavy atom. The lowest BCUT2D eigenvalue weighted by Gasteiger charge is -2.23. The van der Waals surface area contributed by atoms with Crippen molar-refractivity contribution in [1.82, 2.24) is 10.3 Å². The molecule has 0 bridgehead atoms. The maximum atomic E-state index is 13.5. The molecule has 1 fully saturated rings. The fourth-order valence-corrected chi connectivity index (χ4v) is 2.59. The van der Waals surface area contributed by atoms with E-state index < -0.39 is 6.17 Å². The van der Waals surface area contributed by atoms with Crippen LogP contribution in [-0.4, -0.2) is 16.9 Å². The van der Waals surface area contributed by atoms with Crippen LogP contribution in [0.3, 0.4) is 0 Å². The van der Waals surface area contributed by atoms with Crippen LogP contribution in [-0.2, 0) is 0 Å². The van der Waals surface area contributed by atoms with Crippen LogP contribution in [0.25, 0.3) is 0 Å². The molecule has 1 heterocycles. The highest BCUT2D eigenvalue weighted by molar-refractivity contribution is 5.95. The minimum Gasteiger partial charge on any atom is -0.349 e. The van der Waals surface area contributed by atoms with Gasteiger partial charge in [-0.1, -0.05) is 19.3 Å². The molecule has 1 aromatic rings. The lowest BCUT2D eigenvalue weighted by atomic mass is 9.95. The molecular weight excluding hydrogens is 243 g/mol. The number of hydrogen-bond acceptors (Lipinski definition) is 2. The van der Waals surface area contributed by atoms with E-state index in [1.165, 1.54) is 13.3 Å². The van der Waals surface area contributed by atoms with E-state index in [0.717, 1.165) is 31.2 Å². The average Bonchev–Trinajstić information content (AvgIpc) is 2.39. The van der Waals surface area contributed by atoms with Crippen molar-refractivity contribution in [3.8, 4) is 0 Å². The number of pyridine rings is 1. The summed E-state index contributed by atoms with van der Waals surface area (Å²) in [6.45, 7) is 3.27. The van der Waals surface area contributed by atoms with E-state index in [1.807, 2.05) is 6.92 Å². The molecule has 1 unspecified atom stereocenters. The fraction of sp³-hybridized carbons (Fsp3) is 0.600. The van der Waals surface area contributed by atoms with Gasteiger partial charge in [0, 0.05) is 12.2 Å². The molecule has 1 aliphatic carbocycles. The quantitative estimate of drug-likeness (QED) is 0.908. The molecule has 1 saturated carbocycles.